The first-order valence-electron chi connectivity index (χ1n) is 5.33. The van der Waals surface area contributed by atoms with Gasteiger partial charge in [0.05, 0.1) is 13.0 Å². The molecule has 0 spiro atoms. The Hall–Kier alpha value is -0.860. The summed E-state index contributed by atoms with van der Waals surface area (Å²) >= 11 is 0. The first kappa shape index (κ1) is 11.2. The fourth-order valence-corrected chi connectivity index (χ4v) is 1.91. The van der Waals surface area contributed by atoms with Gasteiger partial charge in [0.2, 0.25) is 0 Å². The topological polar surface area (TPSA) is 43.4 Å². The highest BCUT2D eigenvalue weighted by molar-refractivity contribution is 5.84. The fourth-order valence-electron chi connectivity index (χ4n) is 1.91. The van der Waals surface area contributed by atoms with Crippen LogP contribution in [0, 0.1) is 5.92 Å². The highest BCUT2D eigenvalue weighted by Gasteiger charge is 2.22. The van der Waals surface area contributed by atoms with E-state index in [-0.39, 0.29) is 17.7 Å². The van der Waals surface area contributed by atoms with E-state index in [9.17, 15) is 9.59 Å². The van der Waals surface area contributed by atoms with Crippen molar-refractivity contribution in [2.45, 2.75) is 44.9 Å². The molecule has 0 aromatic carbocycles. The lowest BCUT2D eigenvalue weighted by atomic mass is 9.96. The lowest BCUT2D eigenvalue weighted by molar-refractivity contribution is -0.147. The minimum atomic E-state index is -0.222. The first-order valence-corrected chi connectivity index (χ1v) is 5.33. The van der Waals surface area contributed by atoms with E-state index < -0.39 is 0 Å². The molecule has 80 valence electrons. The van der Waals surface area contributed by atoms with Crippen molar-refractivity contribution in [3.05, 3.63) is 0 Å². The molecule has 1 rings (SSSR count). The minimum absolute atomic E-state index is 0.189. The Bertz CT molecular complexity index is 211. The molecular weight excluding hydrogens is 180 g/mol. The van der Waals surface area contributed by atoms with Gasteiger partial charge < -0.3 is 4.74 Å². The van der Waals surface area contributed by atoms with Gasteiger partial charge in [0, 0.05) is 12.8 Å². The summed E-state index contributed by atoms with van der Waals surface area (Å²) in [5, 5.41) is 0. The molecule has 1 aliphatic rings. The van der Waals surface area contributed by atoms with Crippen LogP contribution in [0.5, 0.6) is 0 Å². The van der Waals surface area contributed by atoms with Crippen LogP contribution < -0.4 is 0 Å². The van der Waals surface area contributed by atoms with Gasteiger partial charge in [0.25, 0.3) is 0 Å². The number of methoxy groups -OCH3 is 1. The second-order valence-corrected chi connectivity index (χ2v) is 3.92. The molecule has 3 nitrogen and oxygen atoms in total. The zero-order valence-corrected chi connectivity index (χ0v) is 8.75. The molecule has 1 aliphatic carbocycles. The van der Waals surface area contributed by atoms with E-state index >= 15 is 0 Å². The number of hydrogen-bond donors (Lipinski definition) is 0. The molecule has 0 saturated heterocycles. The maximum atomic E-state index is 11.4. The molecular formula is C11H18O3. The highest BCUT2D eigenvalue weighted by Crippen LogP contribution is 2.20. The second-order valence-electron chi connectivity index (χ2n) is 3.92. The molecule has 3 heteroatoms. The van der Waals surface area contributed by atoms with Crippen LogP contribution in [-0.4, -0.2) is 18.9 Å². The zero-order chi connectivity index (χ0) is 10.4. The summed E-state index contributed by atoms with van der Waals surface area (Å²) in [6.45, 7) is 0. The smallest absolute Gasteiger partial charge is 0.309 e. The van der Waals surface area contributed by atoms with Crippen molar-refractivity contribution in [2.75, 3.05) is 7.11 Å². The summed E-state index contributed by atoms with van der Waals surface area (Å²) in [5.41, 5.74) is 0. The molecule has 0 amide bonds. The molecule has 0 heterocycles. The molecule has 0 radical (unpaired) electrons. The Morgan fingerprint density at radius 2 is 2.00 bits per heavy atom. The molecule has 0 bridgehead atoms. The maximum absolute atomic E-state index is 11.4. The summed E-state index contributed by atoms with van der Waals surface area (Å²) in [4.78, 5) is 22.7. The lowest BCUT2D eigenvalue weighted by Gasteiger charge is -2.11. The molecule has 1 unspecified atom stereocenters. The number of ketones is 1. The third-order valence-corrected chi connectivity index (χ3v) is 2.77. The summed E-state index contributed by atoms with van der Waals surface area (Å²) in [6, 6.07) is 0. The Balaban J connectivity index is 2.52. The van der Waals surface area contributed by atoms with Gasteiger partial charge in [-0.05, 0) is 12.8 Å². The molecule has 1 saturated carbocycles. The summed E-state index contributed by atoms with van der Waals surface area (Å²) < 4.78 is 4.68. The number of carbonyl (C=O) groups excluding carboxylic acids is 2. The van der Waals surface area contributed by atoms with Crippen LogP contribution in [0.4, 0.5) is 0 Å². The third kappa shape index (κ3) is 3.48. The largest absolute Gasteiger partial charge is 0.469 e. The van der Waals surface area contributed by atoms with Crippen LogP contribution in [0.1, 0.15) is 44.9 Å². The minimum Gasteiger partial charge on any atom is -0.469 e. The van der Waals surface area contributed by atoms with Crippen molar-refractivity contribution in [1.29, 1.82) is 0 Å². The number of esters is 1. The van der Waals surface area contributed by atoms with E-state index in [0.717, 1.165) is 32.1 Å². The molecule has 1 atom stereocenters. The standard InChI is InChI=1S/C11H18O3/c1-14-11(13)9-6-4-2-3-5-7-10(12)8-9/h9H,2-8H2,1H3. The Morgan fingerprint density at radius 3 is 2.71 bits per heavy atom. The van der Waals surface area contributed by atoms with Crippen molar-refractivity contribution in [3.63, 3.8) is 0 Å². The number of Topliss-reactive ketones (excluding diaryl/α,β-unsaturated/α-hetero) is 1. The highest BCUT2D eigenvalue weighted by atomic mass is 16.5. The monoisotopic (exact) mass is 198 g/mol. The summed E-state index contributed by atoms with van der Waals surface area (Å²) in [7, 11) is 1.39. The molecule has 0 aliphatic heterocycles. The van der Waals surface area contributed by atoms with E-state index in [1.165, 1.54) is 7.11 Å². The number of carbonyl (C=O) groups is 2. The Morgan fingerprint density at radius 1 is 1.29 bits per heavy atom. The van der Waals surface area contributed by atoms with E-state index in [1.807, 2.05) is 0 Å². The van der Waals surface area contributed by atoms with Crippen molar-refractivity contribution in [3.8, 4) is 0 Å². The van der Waals surface area contributed by atoms with Crippen LogP contribution in [0.25, 0.3) is 0 Å². The number of ether oxygens (including phenoxy) is 1. The van der Waals surface area contributed by atoms with Crippen LogP contribution in [0.15, 0.2) is 0 Å². The quantitative estimate of drug-likeness (QED) is 0.606. The van der Waals surface area contributed by atoms with Gasteiger partial charge in [-0.3, -0.25) is 9.59 Å². The summed E-state index contributed by atoms with van der Waals surface area (Å²) in [5.74, 6) is -0.201. The Kier molecular flexibility index (Phi) is 4.63. The van der Waals surface area contributed by atoms with Crippen molar-refractivity contribution in [2.24, 2.45) is 5.92 Å². The Labute approximate surface area is 84.8 Å². The first-order chi connectivity index (χ1) is 6.74. The van der Waals surface area contributed by atoms with Crippen LogP contribution in [0.3, 0.4) is 0 Å². The molecule has 0 aromatic rings. The van der Waals surface area contributed by atoms with Crippen molar-refractivity contribution in [1.82, 2.24) is 0 Å². The van der Waals surface area contributed by atoms with Gasteiger partial charge in [-0.15, -0.1) is 0 Å². The second kappa shape index (κ2) is 5.78. The predicted octanol–water partition coefficient (Wildman–Crippen LogP) is 2.09. The van der Waals surface area contributed by atoms with E-state index in [1.54, 1.807) is 0 Å². The van der Waals surface area contributed by atoms with Crippen molar-refractivity contribution < 1.29 is 14.3 Å². The average molecular weight is 198 g/mol. The average Bonchev–Trinajstić information content (AvgIpc) is 2.29. The van der Waals surface area contributed by atoms with E-state index in [4.69, 9.17) is 0 Å². The van der Waals surface area contributed by atoms with E-state index in [0.29, 0.717) is 12.8 Å². The molecule has 0 N–H and O–H groups in total. The zero-order valence-electron chi connectivity index (χ0n) is 8.75. The maximum Gasteiger partial charge on any atom is 0.309 e. The van der Waals surface area contributed by atoms with Gasteiger partial charge in [0.1, 0.15) is 5.78 Å². The van der Waals surface area contributed by atoms with Gasteiger partial charge >= 0.3 is 5.97 Å². The SMILES string of the molecule is COC(=O)C1CCCCCCC(=O)C1. The van der Waals surface area contributed by atoms with Gasteiger partial charge in [0.15, 0.2) is 0 Å². The number of rotatable bonds is 1. The van der Waals surface area contributed by atoms with Crippen LogP contribution in [0.2, 0.25) is 0 Å². The predicted molar refractivity (Wildman–Crippen MR) is 52.8 cm³/mol. The third-order valence-electron chi connectivity index (χ3n) is 2.77. The normalized spacial score (nSPS) is 24.6. The van der Waals surface area contributed by atoms with Crippen LogP contribution >= 0.6 is 0 Å². The van der Waals surface area contributed by atoms with Gasteiger partial charge in [-0.25, -0.2) is 0 Å². The van der Waals surface area contributed by atoms with Gasteiger partial charge in [-0.2, -0.15) is 0 Å². The van der Waals surface area contributed by atoms with Crippen molar-refractivity contribution >= 4 is 11.8 Å². The number of hydrogen-bond acceptors (Lipinski definition) is 3. The van der Waals surface area contributed by atoms with Crippen LogP contribution in [-0.2, 0) is 14.3 Å². The molecule has 14 heavy (non-hydrogen) atoms. The molecule has 1 fully saturated rings. The fraction of sp³-hybridized carbons (Fsp3) is 0.818. The summed E-state index contributed by atoms with van der Waals surface area (Å²) in [6.07, 6.45) is 6.07. The van der Waals surface area contributed by atoms with Gasteiger partial charge in [-0.1, -0.05) is 19.3 Å². The lowest BCUT2D eigenvalue weighted by Crippen LogP contribution is -2.19. The molecule has 0 aromatic heterocycles. The van der Waals surface area contributed by atoms with E-state index in [2.05, 4.69) is 4.74 Å².